The second-order valence-corrected chi connectivity index (χ2v) is 5.81. The summed E-state index contributed by atoms with van der Waals surface area (Å²) in [5, 5.41) is 10.5. The first-order chi connectivity index (χ1) is 12.2. The molecule has 0 spiro atoms. The Kier molecular flexibility index (Phi) is 3.86. The van der Waals surface area contributed by atoms with Gasteiger partial charge in [-0.3, -0.25) is 0 Å². The highest BCUT2D eigenvalue weighted by Gasteiger charge is 2.09. The predicted molar refractivity (Wildman–Crippen MR) is 95.7 cm³/mol. The Morgan fingerprint density at radius 2 is 1.68 bits per heavy atom. The van der Waals surface area contributed by atoms with Gasteiger partial charge in [0, 0.05) is 23.3 Å². The molecule has 0 atom stereocenters. The second kappa shape index (κ2) is 6.32. The van der Waals surface area contributed by atoms with Crippen LogP contribution in [0.4, 0.5) is 4.39 Å². The van der Waals surface area contributed by atoms with Crippen LogP contribution in [0.25, 0.3) is 16.6 Å². The number of hydrogen-bond donors (Lipinski definition) is 1. The average Bonchev–Trinajstić information content (AvgIpc) is 3.05. The molecule has 1 heterocycles. The summed E-state index contributed by atoms with van der Waals surface area (Å²) >= 11 is 0. The van der Waals surface area contributed by atoms with E-state index < -0.39 is 5.82 Å². The lowest BCUT2D eigenvalue weighted by molar-refractivity contribution is 0.306. The summed E-state index contributed by atoms with van der Waals surface area (Å²) < 4.78 is 21.2. The lowest BCUT2D eigenvalue weighted by Crippen LogP contribution is -1.96. The molecule has 0 saturated heterocycles. The van der Waals surface area contributed by atoms with Crippen molar-refractivity contribution in [2.45, 2.75) is 6.61 Å². The van der Waals surface area contributed by atoms with Crippen LogP contribution in [0.2, 0.25) is 0 Å². The highest BCUT2D eigenvalue weighted by molar-refractivity contribution is 5.87. The molecule has 0 aliphatic heterocycles. The normalized spacial score (nSPS) is 10.9. The van der Waals surface area contributed by atoms with Crippen LogP contribution in [0.5, 0.6) is 11.5 Å². The summed E-state index contributed by atoms with van der Waals surface area (Å²) in [6.07, 6.45) is 1.81. The van der Waals surface area contributed by atoms with Crippen molar-refractivity contribution in [2.75, 3.05) is 0 Å². The van der Waals surface area contributed by atoms with Crippen LogP contribution in [-0.4, -0.2) is 9.67 Å². The van der Waals surface area contributed by atoms with E-state index in [2.05, 4.69) is 0 Å². The van der Waals surface area contributed by atoms with E-state index in [0.717, 1.165) is 23.1 Å². The standard InChI is InChI=1S/C21H16FNO2/c22-16-12-20-19(21(24)13-16)10-11-23(20)17-6-8-18(9-7-17)25-14-15-4-2-1-3-5-15/h1-13,24H,14H2. The van der Waals surface area contributed by atoms with E-state index in [-0.39, 0.29) is 5.75 Å². The zero-order valence-electron chi connectivity index (χ0n) is 13.4. The smallest absolute Gasteiger partial charge is 0.129 e. The van der Waals surface area contributed by atoms with Crippen LogP contribution in [0.15, 0.2) is 79.0 Å². The van der Waals surface area contributed by atoms with Crippen molar-refractivity contribution in [1.82, 2.24) is 4.57 Å². The Morgan fingerprint density at radius 3 is 2.44 bits per heavy atom. The number of phenols is 1. The topological polar surface area (TPSA) is 34.4 Å². The molecule has 0 amide bonds. The number of benzene rings is 3. The molecule has 3 aromatic carbocycles. The van der Waals surface area contributed by atoms with Crippen LogP contribution in [0.1, 0.15) is 5.56 Å². The maximum absolute atomic E-state index is 13.6. The third-order valence-corrected chi connectivity index (χ3v) is 4.11. The number of fused-ring (bicyclic) bond motifs is 1. The molecule has 1 N–H and O–H groups in total. The molecular weight excluding hydrogens is 317 g/mol. The monoisotopic (exact) mass is 333 g/mol. The minimum atomic E-state index is -0.465. The van der Waals surface area contributed by atoms with E-state index in [4.69, 9.17) is 4.74 Å². The minimum absolute atomic E-state index is 0.0587. The summed E-state index contributed by atoms with van der Waals surface area (Å²) in [5.41, 5.74) is 2.59. The summed E-state index contributed by atoms with van der Waals surface area (Å²) in [6.45, 7) is 0.506. The van der Waals surface area contributed by atoms with E-state index in [0.29, 0.717) is 17.5 Å². The van der Waals surface area contributed by atoms with Crippen LogP contribution in [-0.2, 0) is 6.61 Å². The van der Waals surface area contributed by atoms with Crippen molar-refractivity contribution in [3.8, 4) is 17.2 Å². The predicted octanol–water partition coefficient (Wildman–Crippen LogP) is 5.05. The van der Waals surface area contributed by atoms with Crippen LogP contribution >= 0.6 is 0 Å². The van der Waals surface area contributed by atoms with Crippen molar-refractivity contribution >= 4 is 10.9 Å². The van der Waals surface area contributed by atoms with Crippen molar-refractivity contribution < 1.29 is 14.2 Å². The van der Waals surface area contributed by atoms with E-state index in [9.17, 15) is 9.50 Å². The van der Waals surface area contributed by atoms with Gasteiger partial charge in [0.15, 0.2) is 0 Å². The largest absolute Gasteiger partial charge is 0.507 e. The average molecular weight is 333 g/mol. The maximum atomic E-state index is 13.6. The zero-order chi connectivity index (χ0) is 17.2. The van der Waals surface area contributed by atoms with Gasteiger partial charge in [-0.05, 0) is 42.0 Å². The molecule has 0 fully saturated rings. The molecule has 0 aliphatic carbocycles. The molecule has 1 aromatic heterocycles. The molecule has 0 bridgehead atoms. The number of aromatic hydroxyl groups is 1. The van der Waals surface area contributed by atoms with Crippen molar-refractivity contribution in [1.29, 1.82) is 0 Å². The van der Waals surface area contributed by atoms with E-state index >= 15 is 0 Å². The van der Waals surface area contributed by atoms with Gasteiger partial charge in [0.2, 0.25) is 0 Å². The SMILES string of the molecule is Oc1cc(F)cc2c1ccn2-c1ccc(OCc2ccccc2)cc1. The number of ether oxygens (including phenoxy) is 1. The lowest BCUT2D eigenvalue weighted by Gasteiger charge is -2.09. The van der Waals surface area contributed by atoms with Crippen LogP contribution < -0.4 is 4.74 Å². The summed E-state index contributed by atoms with van der Waals surface area (Å²) in [5.74, 6) is 0.238. The second-order valence-electron chi connectivity index (χ2n) is 5.81. The van der Waals surface area contributed by atoms with Crippen molar-refractivity contribution in [2.24, 2.45) is 0 Å². The molecule has 0 radical (unpaired) electrons. The highest BCUT2D eigenvalue weighted by atomic mass is 19.1. The first-order valence-electron chi connectivity index (χ1n) is 7.97. The number of aromatic nitrogens is 1. The molecular formula is C21H16FNO2. The Morgan fingerprint density at radius 1 is 0.920 bits per heavy atom. The third-order valence-electron chi connectivity index (χ3n) is 4.11. The Bertz CT molecular complexity index is 1010. The van der Waals surface area contributed by atoms with E-state index in [1.807, 2.05) is 65.4 Å². The number of rotatable bonds is 4. The third kappa shape index (κ3) is 3.06. The fourth-order valence-corrected chi connectivity index (χ4v) is 2.86. The number of hydrogen-bond acceptors (Lipinski definition) is 2. The Hall–Kier alpha value is -3.27. The first-order valence-corrected chi connectivity index (χ1v) is 7.97. The number of halogens is 1. The van der Waals surface area contributed by atoms with Gasteiger partial charge in [-0.25, -0.2) is 4.39 Å². The minimum Gasteiger partial charge on any atom is -0.507 e. The molecule has 4 heteroatoms. The molecule has 25 heavy (non-hydrogen) atoms. The van der Waals surface area contributed by atoms with Gasteiger partial charge < -0.3 is 14.4 Å². The lowest BCUT2D eigenvalue weighted by atomic mass is 10.2. The van der Waals surface area contributed by atoms with Gasteiger partial charge in [-0.15, -0.1) is 0 Å². The van der Waals surface area contributed by atoms with E-state index in [1.165, 1.54) is 6.07 Å². The fraction of sp³-hybridized carbons (Fsp3) is 0.0476. The van der Waals surface area contributed by atoms with Gasteiger partial charge in [-0.1, -0.05) is 30.3 Å². The molecule has 4 rings (SSSR count). The summed E-state index contributed by atoms with van der Waals surface area (Å²) in [6, 6.07) is 21.8. The molecule has 4 aromatic rings. The maximum Gasteiger partial charge on any atom is 0.129 e. The number of phenolic OH excluding ortho intramolecular Hbond substituents is 1. The fourth-order valence-electron chi connectivity index (χ4n) is 2.86. The summed E-state index contributed by atoms with van der Waals surface area (Å²) in [4.78, 5) is 0. The molecule has 0 saturated carbocycles. The highest BCUT2D eigenvalue weighted by Crippen LogP contribution is 2.29. The van der Waals surface area contributed by atoms with Gasteiger partial charge in [-0.2, -0.15) is 0 Å². The Labute approximate surface area is 144 Å². The molecule has 124 valence electrons. The molecule has 0 unspecified atom stereocenters. The van der Waals surface area contributed by atoms with Gasteiger partial charge in [0.1, 0.15) is 23.9 Å². The number of nitrogens with zero attached hydrogens (tertiary/aromatic N) is 1. The first kappa shape index (κ1) is 15.3. The molecule has 3 nitrogen and oxygen atoms in total. The van der Waals surface area contributed by atoms with Crippen molar-refractivity contribution in [3.05, 3.63) is 90.4 Å². The Balaban J connectivity index is 1.58. The van der Waals surface area contributed by atoms with Crippen LogP contribution in [0.3, 0.4) is 0 Å². The quantitative estimate of drug-likeness (QED) is 0.567. The van der Waals surface area contributed by atoms with Crippen molar-refractivity contribution in [3.63, 3.8) is 0 Å². The van der Waals surface area contributed by atoms with Gasteiger partial charge in [0.05, 0.1) is 5.52 Å². The summed E-state index contributed by atoms with van der Waals surface area (Å²) in [7, 11) is 0. The van der Waals surface area contributed by atoms with Gasteiger partial charge >= 0.3 is 0 Å². The zero-order valence-corrected chi connectivity index (χ0v) is 13.4. The van der Waals surface area contributed by atoms with E-state index in [1.54, 1.807) is 6.07 Å². The van der Waals surface area contributed by atoms with Gasteiger partial charge in [0.25, 0.3) is 0 Å². The molecule has 0 aliphatic rings. The van der Waals surface area contributed by atoms with Crippen LogP contribution in [0, 0.1) is 5.82 Å².